The molecule has 0 amide bonds. The van der Waals surface area contributed by atoms with Gasteiger partial charge in [0, 0.05) is 34.6 Å². The molecule has 0 fully saturated rings. The van der Waals surface area contributed by atoms with Crippen LogP contribution >= 0.6 is 0 Å². The molecule has 0 radical (unpaired) electrons. The zero-order valence-electron chi connectivity index (χ0n) is 42.5. The van der Waals surface area contributed by atoms with Crippen molar-refractivity contribution in [3.05, 3.63) is 44.5 Å². The first-order valence-electron chi connectivity index (χ1n) is 27.6. The molecule has 6 rings (SSSR count). The molecule has 0 aromatic heterocycles. The molecule has 2 aromatic rings. The van der Waals surface area contributed by atoms with Gasteiger partial charge < -0.3 is 18.9 Å². The SMILES string of the molecule is CCCCCCCCCCCCCCCCC1(C)CCc2c(c(C)c(C)c3c2C2CC(O3)Oc3c(C)c(C)c4c(c32)CCC(C)(CCCCCCCCCCCCCCCC)O4)O1. The summed E-state index contributed by atoms with van der Waals surface area (Å²) in [7, 11) is 0. The summed E-state index contributed by atoms with van der Waals surface area (Å²) in [5, 5.41) is 0. The number of hydrogen-bond acceptors (Lipinski definition) is 4. The minimum absolute atomic E-state index is 0.112. The topological polar surface area (TPSA) is 36.9 Å². The van der Waals surface area contributed by atoms with Crippen LogP contribution in [0.4, 0.5) is 0 Å². The Morgan fingerprint density at radius 2 is 0.683 bits per heavy atom. The van der Waals surface area contributed by atoms with E-state index in [4.69, 9.17) is 18.9 Å². The van der Waals surface area contributed by atoms with Crippen LogP contribution in [0.15, 0.2) is 0 Å². The van der Waals surface area contributed by atoms with E-state index in [-0.39, 0.29) is 23.4 Å². The molecule has 4 aliphatic heterocycles. The second-order valence-corrected chi connectivity index (χ2v) is 21.9. The summed E-state index contributed by atoms with van der Waals surface area (Å²) < 4.78 is 28.1. The van der Waals surface area contributed by atoms with E-state index in [1.807, 2.05) is 0 Å². The number of rotatable bonds is 30. The first-order valence-corrected chi connectivity index (χ1v) is 27.6. The normalized spacial score (nSPS) is 22.0. The molecule has 63 heavy (non-hydrogen) atoms. The minimum atomic E-state index is -0.257. The third kappa shape index (κ3) is 13.4. The van der Waals surface area contributed by atoms with E-state index >= 15 is 0 Å². The molecule has 4 heterocycles. The maximum atomic E-state index is 7.21. The van der Waals surface area contributed by atoms with E-state index in [0.29, 0.717) is 0 Å². The molecule has 0 spiro atoms. The van der Waals surface area contributed by atoms with Gasteiger partial charge in [0.05, 0.1) is 0 Å². The smallest absolute Gasteiger partial charge is 0.242 e. The van der Waals surface area contributed by atoms with Gasteiger partial charge in [-0.2, -0.15) is 0 Å². The molecule has 0 saturated carbocycles. The second kappa shape index (κ2) is 25.0. The fourth-order valence-electron chi connectivity index (χ4n) is 11.9. The molecule has 4 heteroatoms. The molecule has 2 atom stereocenters. The molecule has 0 saturated heterocycles. The van der Waals surface area contributed by atoms with Crippen molar-refractivity contribution < 1.29 is 18.9 Å². The molecule has 356 valence electrons. The predicted octanol–water partition coefficient (Wildman–Crippen LogP) is 18.5. The highest BCUT2D eigenvalue weighted by molar-refractivity contribution is 5.68. The maximum Gasteiger partial charge on any atom is 0.242 e. The van der Waals surface area contributed by atoms with Crippen molar-refractivity contribution in [3.8, 4) is 23.0 Å². The molecular weight excluding hydrogens is 773 g/mol. The van der Waals surface area contributed by atoms with Gasteiger partial charge in [0.1, 0.15) is 34.2 Å². The Kier molecular flexibility index (Phi) is 19.8. The molecule has 2 unspecified atom stereocenters. The molecule has 4 aliphatic rings. The Bertz CT molecular complexity index is 1590. The van der Waals surface area contributed by atoms with Crippen LogP contribution in [0, 0.1) is 27.7 Å². The Morgan fingerprint density at radius 3 is 1.00 bits per heavy atom. The van der Waals surface area contributed by atoms with Gasteiger partial charge in [0.2, 0.25) is 6.29 Å². The van der Waals surface area contributed by atoms with E-state index in [1.165, 1.54) is 224 Å². The van der Waals surface area contributed by atoms with Gasteiger partial charge in [-0.3, -0.25) is 0 Å². The number of benzene rings is 2. The fourth-order valence-corrected chi connectivity index (χ4v) is 11.9. The lowest BCUT2D eigenvalue weighted by Crippen LogP contribution is -2.41. The van der Waals surface area contributed by atoms with Crippen LogP contribution in [0.1, 0.15) is 290 Å². The monoisotopic (exact) mass is 869 g/mol. The van der Waals surface area contributed by atoms with Gasteiger partial charge in [-0.15, -0.1) is 0 Å². The van der Waals surface area contributed by atoms with Crippen molar-refractivity contribution in [1.82, 2.24) is 0 Å². The van der Waals surface area contributed by atoms with Crippen LogP contribution in [0.3, 0.4) is 0 Å². The van der Waals surface area contributed by atoms with Gasteiger partial charge in [-0.25, -0.2) is 0 Å². The van der Waals surface area contributed by atoms with Crippen LogP contribution in [0.5, 0.6) is 23.0 Å². The van der Waals surface area contributed by atoms with Crippen LogP contribution in [0.2, 0.25) is 0 Å². The van der Waals surface area contributed by atoms with Crippen molar-refractivity contribution in [1.29, 1.82) is 0 Å². The lowest BCUT2D eigenvalue weighted by molar-refractivity contribution is -0.0297. The van der Waals surface area contributed by atoms with E-state index in [9.17, 15) is 0 Å². The predicted molar refractivity (Wildman–Crippen MR) is 268 cm³/mol. The number of fused-ring (bicyclic) bond motifs is 10. The summed E-state index contributed by atoms with van der Waals surface area (Å²) in [6.45, 7) is 18.4. The molecular formula is C59H96O4. The Balaban J connectivity index is 1.02. The van der Waals surface area contributed by atoms with Crippen molar-refractivity contribution in [3.63, 3.8) is 0 Å². The Hall–Kier alpha value is -2.36. The van der Waals surface area contributed by atoms with Gasteiger partial charge in [0.25, 0.3) is 0 Å². The fraction of sp³-hybridized carbons (Fsp3) is 0.797. The van der Waals surface area contributed by atoms with Crippen LogP contribution in [0.25, 0.3) is 0 Å². The third-order valence-corrected chi connectivity index (χ3v) is 16.4. The molecule has 2 aromatic carbocycles. The quantitative estimate of drug-likeness (QED) is 0.0733. The number of hydrogen-bond donors (Lipinski definition) is 0. The maximum absolute atomic E-state index is 7.21. The van der Waals surface area contributed by atoms with Crippen molar-refractivity contribution in [2.24, 2.45) is 0 Å². The second-order valence-electron chi connectivity index (χ2n) is 21.9. The number of ether oxygens (including phenoxy) is 4. The standard InChI is InChI=1S/C59H96O4/c1-9-11-13-15-17-19-21-23-25-27-29-31-33-35-39-58(7)41-37-48-52-50-43-51(60-56(52)46(5)44(3)54(48)62-58)61-57-47(6)45(4)55-49(53(50)57)38-42-59(8,63-55)40-36-34-32-30-28-26-24-22-20-18-16-14-12-10-2/h50-51H,9-43H2,1-8H3. The summed E-state index contributed by atoms with van der Waals surface area (Å²) in [6, 6.07) is 0. The van der Waals surface area contributed by atoms with Crippen LogP contribution in [-0.2, 0) is 12.8 Å². The zero-order chi connectivity index (χ0) is 44.7. The average Bonchev–Trinajstić information content (AvgIpc) is 3.27. The molecule has 4 nitrogen and oxygen atoms in total. The molecule has 0 aliphatic carbocycles. The Labute approximate surface area is 388 Å². The van der Waals surface area contributed by atoms with E-state index < -0.39 is 0 Å². The van der Waals surface area contributed by atoms with E-state index in [0.717, 1.165) is 67.9 Å². The lowest BCUT2D eigenvalue weighted by Gasteiger charge is -2.46. The Morgan fingerprint density at radius 1 is 0.397 bits per heavy atom. The summed E-state index contributed by atoms with van der Waals surface area (Å²) >= 11 is 0. The van der Waals surface area contributed by atoms with Gasteiger partial charge in [-0.1, -0.05) is 181 Å². The van der Waals surface area contributed by atoms with Gasteiger partial charge in [-0.05, 0) is 115 Å². The van der Waals surface area contributed by atoms with Gasteiger partial charge >= 0.3 is 0 Å². The first-order chi connectivity index (χ1) is 30.6. The van der Waals surface area contributed by atoms with E-state index in [1.54, 1.807) is 0 Å². The van der Waals surface area contributed by atoms with Crippen molar-refractivity contribution >= 4 is 0 Å². The number of unbranched alkanes of at least 4 members (excludes halogenated alkanes) is 26. The average molecular weight is 869 g/mol. The first kappa shape index (κ1) is 50.1. The van der Waals surface area contributed by atoms with Crippen LogP contribution in [-0.4, -0.2) is 17.5 Å². The molecule has 2 bridgehead atoms. The van der Waals surface area contributed by atoms with E-state index in [2.05, 4.69) is 55.4 Å². The minimum Gasteiger partial charge on any atom is -0.487 e. The van der Waals surface area contributed by atoms with Crippen molar-refractivity contribution in [2.45, 2.75) is 304 Å². The lowest BCUT2D eigenvalue weighted by atomic mass is 9.73. The molecule has 0 N–H and O–H groups in total. The summed E-state index contributed by atoms with van der Waals surface area (Å²) in [6.07, 6.45) is 46.3. The zero-order valence-corrected chi connectivity index (χ0v) is 42.5. The summed E-state index contributed by atoms with van der Waals surface area (Å²) in [5.74, 6) is 4.65. The van der Waals surface area contributed by atoms with Crippen molar-refractivity contribution in [2.75, 3.05) is 0 Å². The summed E-state index contributed by atoms with van der Waals surface area (Å²) in [5.41, 5.74) is 10.3. The highest BCUT2D eigenvalue weighted by Gasteiger charge is 2.47. The van der Waals surface area contributed by atoms with Gasteiger partial charge in [0.15, 0.2) is 0 Å². The van der Waals surface area contributed by atoms with Crippen LogP contribution < -0.4 is 18.9 Å². The highest BCUT2D eigenvalue weighted by atomic mass is 16.7. The summed E-state index contributed by atoms with van der Waals surface area (Å²) in [4.78, 5) is 0. The largest absolute Gasteiger partial charge is 0.487 e. The highest BCUT2D eigenvalue weighted by Crippen LogP contribution is 2.59. The third-order valence-electron chi connectivity index (χ3n) is 16.4.